The number of hydrogen-bond acceptors (Lipinski definition) is 5. The Bertz CT molecular complexity index is 620. The molecule has 6 heteroatoms. The first-order chi connectivity index (χ1) is 12.2. The molecule has 25 heavy (non-hydrogen) atoms. The maximum atomic E-state index is 12.5. The molecule has 3 fully saturated rings. The first-order valence-electron chi connectivity index (χ1n) is 9.65. The van der Waals surface area contributed by atoms with Crippen LogP contribution in [0.25, 0.3) is 0 Å². The molecule has 0 spiro atoms. The maximum Gasteiger partial charge on any atom is 0.222 e. The molecule has 0 N–H and O–H groups in total. The summed E-state index contributed by atoms with van der Waals surface area (Å²) in [6.45, 7) is 5.96. The summed E-state index contributed by atoms with van der Waals surface area (Å²) in [6, 6.07) is 2.11. The lowest BCUT2D eigenvalue weighted by atomic mass is 9.93. The maximum absolute atomic E-state index is 12.5. The molecule has 0 aromatic carbocycles. The van der Waals surface area contributed by atoms with Crippen molar-refractivity contribution in [1.82, 2.24) is 14.9 Å². The van der Waals surface area contributed by atoms with Gasteiger partial charge in [0.2, 0.25) is 5.91 Å². The lowest BCUT2D eigenvalue weighted by Crippen LogP contribution is -2.40. The van der Waals surface area contributed by atoms with Crippen LogP contribution in [0.3, 0.4) is 0 Å². The summed E-state index contributed by atoms with van der Waals surface area (Å²) in [5.41, 5.74) is 1.08. The van der Waals surface area contributed by atoms with Gasteiger partial charge in [0, 0.05) is 61.8 Å². The minimum atomic E-state index is 0.368. The van der Waals surface area contributed by atoms with E-state index < -0.39 is 0 Å². The zero-order valence-corrected chi connectivity index (χ0v) is 15.9. The molecule has 3 heterocycles. The summed E-state index contributed by atoms with van der Waals surface area (Å²) in [7, 11) is 0. The largest absolute Gasteiger partial charge is 0.356 e. The molecule has 0 atom stereocenters. The van der Waals surface area contributed by atoms with Crippen molar-refractivity contribution < 1.29 is 4.79 Å². The Kier molecular flexibility index (Phi) is 5.15. The van der Waals surface area contributed by atoms with Crippen LogP contribution < -0.4 is 4.90 Å². The van der Waals surface area contributed by atoms with E-state index >= 15 is 0 Å². The molecule has 1 aromatic rings. The Morgan fingerprint density at radius 2 is 1.84 bits per heavy atom. The van der Waals surface area contributed by atoms with Crippen molar-refractivity contribution in [3.63, 3.8) is 0 Å². The van der Waals surface area contributed by atoms with Gasteiger partial charge in [-0.25, -0.2) is 9.97 Å². The molecule has 3 aliphatic rings. The van der Waals surface area contributed by atoms with E-state index in [1.54, 1.807) is 0 Å². The normalized spacial score (nSPS) is 22.3. The molecular weight excluding hydrogens is 332 g/mol. The van der Waals surface area contributed by atoms with Crippen molar-refractivity contribution in [3.05, 3.63) is 17.6 Å². The third kappa shape index (κ3) is 4.27. The Hall–Kier alpha value is -1.30. The minimum absolute atomic E-state index is 0.368. The smallest absolute Gasteiger partial charge is 0.222 e. The highest BCUT2D eigenvalue weighted by Gasteiger charge is 2.29. The van der Waals surface area contributed by atoms with E-state index in [1.165, 1.54) is 12.8 Å². The first-order valence-corrected chi connectivity index (χ1v) is 10.8. The van der Waals surface area contributed by atoms with Gasteiger partial charge in [-0.1, -0.05) is 0 Å². The SMILES string of the molecule is Cc1cc(N2CCC(CC(=O)N3CCSCC3)CC2)nc(C2CC2)n1. The fourth-order valence-corrected chi connectivity index (χ4v) is 4.72. The van der Waals surface area contributed by atoms with Crippen LogP contribution in [-0.4, -0.2) is 58.5 Å². The van der Waals surface area contributed by atoms with Crippen LogP contribution in [0.4, 0.5) is 5.82 Å². The van der Waals surface area contributed by atoms with Crippen LogP contribution >= 0.6 is 11.8 Å². The third-order valence-electron chi connectivity index (χ3n) is 5.57. The van der Waals surface area contributed by atoms with E-state index in [2.05, 4.69) is 27.8 Å². The molecule has 0 bridgehead atoms. The zero-order chi connectivity index (χ0) is 17.2. The van der Waals surface area contributed by atoms with Crippen molar-refractivity contribution >= 4 is 23.5 Å². The molecular formula is C19H28N4OS. The number of anilines is 1. The monoisotopic (exact) mass is 360 g/mol. The summed E-state index contributed by atoms with van der Waals surface area (Å²) in [5, 5.41) is 0. The van der Waals surface area contributed by atoms with Crippen LogP contribution in [0.1, 0.15) is 49.5 Å². The molecule has 1 amide bonds. The van der Waals surface area contributed by atoms with Crippen molar-refractivity contribution in [2.45, 2.75) is 44.9 Å². The number of hydrogen-bond donors (Lipinski definition) is 0. The number of nitrogens with zero attached hydrogens (tertiary/aromatic N) is 4. The van der Waals surface area contributed by atoms with E-state index in [4.69, 9.17) is 4.98 Å². The van der Waals surface area contributed by atoms with Crippen LogP contribution in [0.5, 0.6) is 0 Å². The summed E-state index contributed by atoms with van der Waals surface area (Å²) in [6.07, 6.45) is 5.39. The van der Waals surface area contributed by atoms with Crippen LogP contribution in [0.15, 0.2) is 6.07 Å². The second kappa shape index (κ2) is 7.52. The Balaban J connectivity index is 1.31. The quantitative estimate of drug-likeness (QED) is 0.826. The van der Waals surface area contributed by atoms with Crippen LogP contribution in [0.2, 0.25) is 0 Å². The summed E-state index contributed by atoms with van der Waals surface area (Å²) >= 11 is 1.96. The number of carbonyl (C=O) groups is 1. The van der Waals surface area contributed by atoms with E-state index in [-0.39, 0.29) is 0 Å². The molecule has 0 radical (unpaired) electrons. The highest BCUT2D eigenvalue weighted by atomic mass is 32.2. The van der Waals surface area contributed by atoms with E-state index in [0.29, 0.717) is 17.7 Å². The van der Waals surface area contributed by atoms with Gasteiger partial charge in [0.05, 0.1) is 0 Å². The number of piperidine rings is 1. The van der Waals surface area contributed by atoms with Crippen molar-refractivity contribution in [1.29, 1.82) is 0 Å². The van der Waals surface area contributed by atoms with Crippen molar-refractivity contribution in [3.8, 4) is 0 Å². The lowest BCUT2D eigenvalue weighted by Gasteiger charge is -2.34. The minimum Gasteiger partial charge on any atom is -0.356 e. The van der Waals surface area contributed by atoms with Gasteiger partial charge in [-0.05, 0) is 38.5 Å². The molecule has 2 aliphatic heterocycles. The Labute approximate surface area is 154 Å². The molecule has 0 unspecified atom stereocenters. The lowest BCUT2D eigenvalue weighted by molar-refractivity contribution is -0.132. The number of amides is 1. The first kappa shape index (κ1) is 17.1. The Morgan fingerprint density at radius 1 is 1.12 bits per heavy atom. The van der Waals surface area contributed by atoms with Crippen LogP contribution in [0, 0.1) is 12.8 Å². The third-order valence-corrected chi connectivity index (χ3v) is 6.51. The predicted octanol–water partition coefficient (Wildman–Crippen LogP) is 2.84. The van der Waals surface area contributed by atoms with Gasteiger partial charge < -0.3 is 9.80 Å². The molecule has 136 valence electrons. The summed E-state index contributed by atoms with van der Waals surface area (Å²) in [5.74, 6) is 5.82. The molecule has 1 aromatic heterocycles. The van der Waals surface area contributed by atoms with Crippen LogP contribution in [-0.2, 0) is 4.79 Å². The number of rotatable bonds is 4. The van der Waals surface area contributed by atoms with Gasteiger partial charge in [-0.3, -0.25) is 4.79 Å². The van der Waals surface area contributed by atoms with E-state index in [1.807, 2.05) is 11.8 Å². The molecule has 2 saturated heterocycles. The summed E-state index contributed by atoms with van der Waals surface area (Å²) < 4.78 is 0. The number of aromatic nitrogens is 2. The number of carbonyl (C=O) groups excluding carboxylic acids is 1. The van der Waals surface area contributed by atoms with Crippen molar-refractivity contribution in [2.75, 3.05) is 42.6 Å². The number of thioether (sulfide) groups is 1. The van der Waals surface area contributed by atoms with Gasteiger partial charge in [0.15, 0.2) is 0 Å². The average Bonchev–Trinajstić information content (AvgIpc) is 3.48. The Morgan fingerprint density at radius 3 is 2.52 bits per heavy atom. The van der Waals surface area contributed by atoms with Gasteiger partial charge in [-0.2, -0.15) is 11.8 Å². The second-order valence-corrected chi connectivity index (χ2v) is 8.85. The molecule has 5 nitrogen and oxygen atoms in total. The standard InChI is InChI=1S/C19H28N4OS/c1-14-12-17(21-19(20-14)16-2-3-16)22-6-4-15(5-7-22)13-18(24)23-8-10-25-11-9-23/h12,15-16H,2-11,13H2,1H3. The van der Waals surface area contributed by atoms with Gasteiger partial charge in [-0.15, -0.1) is 0 Å². The molecule has 1 aliphatic carbocycles. The molecule has 4 rings (SSSR count). The second-order valence-electron chi connectivity index (χ2n) is 7.63. The van der Waals surface area contributed by atoms with E-state index in [9.17, 15) is 4.79 Å². The van der Waals surface area contributed by atoms with E-state index in [0.717, 1.165) is 74.3 Å². The highest BCUT2D eigenvalue weighted by molar-refractivity contribution is 7.99. The van der Waals surface area contributed by atoms with Gasteiger partial charge in [0.1, 0.15) is 11.6 Å². The topological polar surface area (TPSA) is 49.3 Å². The fraction of sp³-hybridized carbons (Fsp3) is 0.737. The fourth-order valence-electron chi connectivity index (χ4n) is 3.82. The summed E-state index contributed by atoms with van der Waals surface area (Å²) in [4.78, 5) is 26.4. The zero-order valence-electron chi connectivity index (χ0n) is 15.1. The van der Waals surface area contributed by atoms with Gasteiger partial charge >= 0.3 is 0 Å². The number of aryl methyl sites for hydroxylation is 1. The average molecular weight is 361 g/mol. The van der Waals surface area contributed by atoms with Gasteiger partial charge in [0.25, 0.3) is 0 Å². The van der Waals surface area contributed by atoms with Crippen molar-refractivity contribution in [2.24, 2.45) is 5.92 Å². The highest BCUT2D eigenvalue weighted by Crippen LogP contribution is 2.39. The molecule has 1 saturated carbocycles. The predicted molar refractivity (Wildman–Crippen MR) is 102 cm³/mol.